The Bertz CT molecular complexity index is 5350. The van der Waals surface area contributed by atoms with E-state index >= 15 is 0 Å². The van der Waals surface area contributed by atoms with Gasteiger partial charge in [-0.3, -0.25) is 43.2 Å². The number of nitriles is 2. The van der Waals surface area contributed by atoms with Crippen LogP contribution in [-0.2, 0) is 49.9 Å². The smallest absolute Gasteiger partial charge is 0.270 e. The molecule has 0 radical (unpaired) electrons. The molecule has 35 nitrogen and oxygen atoms in total. The van der Waals surface area contributed by atoms with E-state index in [1.165, 1.54) is 74.9 Å². The van der Waals surface area contributed by atoms with Gasteiger partial charge < -0.3 is 36.0 Å². The van der Waals surface area contributed by atoms with Gasteiger partial charge in [0.25, 0.3) is 31.5 Å². The van der Waals surface area contributed by atoms with Crippen molar-refractivity contribution in [2.45, 2.75) is 88.2 Å². The van der Waals surface area contributed by atoms with Gasteiger partial charge in [-0.1, -0.05) is 25.7 Å². The summed E-state index contributed by atoms with van der Waals surface area (Å²) in [6, 6.07) is 29.2. The highest BCUT2D eigenvalue weighted by molar-refractivity contribution is 8.13. The van der Waals surface area contributed by atoms with E-state index in [9.17, 15) is 73.0 Å². The van der Waals surface area contributed by atoms with Crippen LogP contribution in [-0.4, -0.2) is 248 Å². The van der Waals surface area contributed by atoms with Crippen molar-refractivity contribution in [1.82, 2.24) is 66.9 Å². The standard InChI is InChI=1S/C24H27N7O3S.C14H14N4O2S.C11H15N3O4S.C11H17N3O2S.C6H4ClNO4S.C5H12N2/c1-29-10-12-30(13-11-29)35(33,34)21-8-6-19(7-9-21)27-24-26-16-18-14-17(15-25)23(32)31(22(18)28-24)20-4-2-3-5-20;1-21(20)14-16-8-10-6-9(7-15)13(19)18(12(10)17-14)11-4-2-3-5-11;1-12-6-8-13(9-7-12)19(17,18)11-4-2-10(3-5-11)14(15)16;1-13-6-8-14(9-7-13)17(15,16)11-4-2-10(12)3-5-11;7-13(11,12)6-3-1-5(2-4-6)8(9)10;1-7-4-2-6-3-5-7/h6-9,14,16,20H,2-5,10-13H2,1H3,(H,26,27,28);6,8,11H,2-5H2,1H3;2-5H,6-9H2,1H3;2-5H,6-9,12H2,1H3;1-4H;6H,2-5H2,1H3. The van der Waals surface area contributed by atoms with Crippen LogP contribution in [0.5, 0.6) is 0 Å². The van der Waals surface area contributed by atoms with Crippen LogP contribution in [0.2, 0.25) is 0 Å². The maximum Gasteiger partial charge on any atom is 0.270 e. The van der Waals surface area contributed by atoms with Crippen molar-refractivity contribution in [3.05, 3.63) is 174 Å². The zero-order valence-electron chi connectivity index (χ0n) is 62.4. The molecule has 600 valence electrons. The van der Waals surface area contributed by atoms with Gasteiger partial charge in [-0.25, -0.2) is 48.6 Å². The van der Waals surface area contributed by atoms with Gasteiger partial charge in [0.2, 0.25) is 41.2 Å². The average Bonchev–Trinajstić information content (AvgIpc) is 1.21. The van der Waals surface area contributed by atoms with E-state index in [0.717, 1.165) is 102 Å². The number of nitro benzene ring substituents is 2. The lowest BCUT2D eigenvalue weighted by Crippen LogP contribution is -2.46. The third-order valence-corrected chi connectivity index (χ3v) is 27.2. The number of likely N-dealkylation sites (N-methyl/N-ethyl adjacent to an activating group) is 4. The summed E-state index contributed by atoms with van der Waals surface area (Å²) in [4.78, 5) is 71.4. The number of nitro groups is 2. The second-order valence-electron chi connectivity index (χ2n) is 27.3. The first-order valence-electron chi connectivity index (χ1n) is 35.8. The van der Waals surface area contributed by atoms with E-state index < -0.39 is 59.8 Å². The Morgan fingerprint density at radius 2 is 0.857 bits per heavy atom. The summed E-state index contributed by atoms with van der Waals surface area (Å²) < 4.78 is 116. The Morgan fingerprint density at radius 1 is 0.518 bits per heavy atom. The summed E-state index contributed by atoms with van der Waals surface area (Å²) in [6.45, 7) is 12.0. The molecule has 1 atom stereocenters. The van der Waals surface area contributed by atoms with Crippen molar-refractivity contribution < 1.29 is 47.7 Å². The minimum absolute atomic E-state index is 0.0140. The molecule has 1 unspecified atom stereocenters. The van der Waals surface area contributed by atoms with E-state index in [2.05, 4.69) is 57.2 Å². The normalized spacial score (nSPS) is 17.8. The molecule has 4 aromatic carbocycles. The Morgan fingerprint density at radius 3 is 1.20 bits per heavy atom. The third kappa shape index (κ3) is 22.6. The number of nitrogens with two attached hydrogens (primary N) is 1. The molecule has 8 heterocycles. The highest BCUT2D eigenvalue weighted by Crippen LogP contribution is 2.33. The molecule has 112 heavy (non-hydrogen) atoms. The Kier molecular flexibility index (Phi) is 30.2. The van der Waals surface area contributed by atoms with E-state index in [-0.39, 0.29) is 65.5 Å². The average molecular weight is 1660 g/mol. The number of aromatic nitrogens is 6. The predicted octanol–water partition coefficient (Wildman–Crippen LogP) is 5.75. The molecule has 41 heteroatoms. The summed E-state index contributed by atoms with van der Waals surface area (Å²) in [6.07, 6.45) is 12.4. The topological polar surface area (TPSA) is 456 Å². The lowest BCUT2D eigenvalue weighted by molar-refractivity contribution is -0.385. The molecule has 4 saturated heterocycles. The number of hydrogen-bond donors (Lipinski definition) is 3. The van der Waals surface area contributed by atoms with Crippen LogP contribution in [0.4, 0.5) is 28.7 Å². The Balaban J connectivity index is 0.000000163. The zero-order valence-corrected chi connectivity index (χ0v) is 67.2. The number of nitrogens with zero attached hydrogens (tertiary/aromatic N) is 17. The molecule has 8 aromatic rings. The highest BCUT2D eigenvalue weighted by Gasteiger charge is 2.32. The van der Waals surface area contributed by atoms with Crippen molar-refractivity contribution in [3.8, 4) is 12.1 Å². The maximum atomic E-state index is 13.0. The number of anilines is 3. The molecule has 0 bridgehead atoms. The number of halogens is 1. The number of pyridine rings is 2. The van der Waals surface area contributed by atoms with Gasteiger partial charge in [0, 0.05) is 193 Å². The largest absolute Gasteiger partial charge is 0.399 e. The zero-order chi connectivity index (χ0) is 81.2. The highest BCUT2D eigenvalue weighted by atomic mass is 35.7. The van der Waals surface area contributed by atoms with Crippen LogP contribution in [0.15, 0.2) is 156 Å². The minimum atomic E-state index is -3.80. The predicted molar refractivity (Wildman–Crippen MR) is 423 cm³/mol. The van der Waals surface area contributed by atoms with Gasteiger partial charge in [-0.15, -0.1) is 0 Å². The number of piperazine rings is 4. The van der Waals surface area contributed by atoms with Crippen LogP contribution in [0.3, 0.4) is 0 Å². The van der Waals surface area contributed by atoms with Gasteiger partial charge in [-0.05, 0) is 139 Å². The van der Waals surface area contributed by atoms with Crippen molar-refractivity contribution in [2.75, 3.05) is 150 Å². The molecular formula is C71H89ClN20O15S5. The lowest BCUT2D eigenvalue weighted by Gasteiger charge is -2.31. The van der Waals surface area contributed by atoms with Crippen molar-refractivity contribution in [2.24, 2.45) is 0 Å². The fourth-order valence-electron chi connectivity index (χ4n) is 12.8. The summed E-state index contributed by atoms with van der Waals surface area (Å²) in [7, 11) is -2.49. The second-order valence-corrected chi connectivity index (χ2v) is 36.9. The third-order valence-electron chi connectivity index (χ3n) is 19.4. The summed E-state index contributed by atoms with van der Waals surface area (Å²) in [5.41, 5.74) is 6.98. The number of rotatable bonds is 14. The van der Waals surface area contributed by atoms with Gasteiger partial charge in [0.15, 0.2) is 0 Å². The van der Waals surface area contributed by atoms with Crippen molar-refractivity contribution in [1.29, 1.82) is 10.5 Å². The molecule has 2 aliphatic carbocycles. The second kappa shape index (κ2) is 39.0. The van der Waals surface area contributed by atoms with Gasteiger partial charge >= 0.3 is 0 Å². The van der Waals surface area contributed by atoms with Gasteiger partial charge in [0.1, 0.15) is 34.6 Å². The minimum Gasteiger partial charge on any atom is -0.399 e. The van der Waals surface area contributed by atoms with Crippen LogP contribution < -0.4 is 27.5 Å². The number of fused-ring (bicyclic) bond motifs is 2. The molecule has 4 aliphatic heterocycles. The van der Waals surface area contributed by atoms with Crippen LogP contribution in [0.1, 0.15) is 74.6 Å². The number of nitrogen functional groups attached to an aromatic ring is 1. The van der Waals surface area contributed by atoms with Gasteiger partial charge in [-0.2, -0.15) is 28.4 Å². The molecule has 2 saturated carbocycles. The summed E-state index contributed by atoms with van der Waals surface area (Å²) >= 11 is 0. The fourth-order valence-corrected chi connectivity index (χ4v) is 18.3. The number of non-ortho nitro benzene ring substituents is 2. The first-order chi connectivity index (χ1) is 53.2. The quantitative estimate of drug-likeness (QED) is 0.0383. The number of sulfonamides is 3. The Labute approximate surface area is 656 Å². The van der Waals surface area contributed by atoms with Crippen LogP contribution in [0.25, 0.3) is 22.1 Å². The molecule has 6 fully saturated rings. The fraction of sp³-hybridized carbons (Fsp3) is 0.437. The van der Waals surface area contributed by atoms with E-state index in [1.807, 2.05) is 33.3 Å². The summed E-state index contributed by atoms with van der Waals surface area (Å²) in [5.74, 6) is 0.294. The first kappa shape index (κ1) is 86.7. The molecule has 0 amide bonds. The van der Waals surface area contributed by atoms with E-state index in [0.29, 0.717) is 110 Å². The monoisotopic (exact) mass is 1660 g/mol. The first-order valence-corrected chi connectivity index (χ1v) is 44.0. The number of nitrogens with one attached hydrogen (secondary N) is 2. The molecule has 14 rings (SSSR count). The summed E-state index contributed by atoms with van der Waals surface area (Å²) in [5, 5.41) is 47.1. The molecule has 4 N–H and O–H groups in total. The SMILES string of the molecule is CN1CCN(S(=O)(=O)c2ccc(N)cc2)CC1.CN1CCN(S(=O)(=O)c2ccc(Nc3ncc4cc(C#N)c(=O)n(C5CCCC5)c4n3)cc2)CC1.CN1CCN(S(=O)(=O)c2ccc([N+](=O)[O-])cc2)CC1.CN1CCNCC1.CS(=O)c1ncc2cc(C#N)c(=O)n(C3CCCC3)c2n1.O=[N+]([O-])c1ccc(S(=O)(=O)Cl)cc1. The molecule has 6 aliphatic rings. The van der Waals surface area contributed by atoms with Gasteiger partial charge in [0.05, 0.1) is 40.2 Å². The maximum absolute atomic E-state index is 13.0. The van der Waals surface area contributed by atoms with E-state index in [4.69, 9.17) is 21.7 Å². The molecule has 0 spiro atoms. The molecular weight excluding hydrogens is 1570 g/mol. The van der Waals surface area contributed by atoms with Crippen molar-refractivity contribution in [3.63, 3.8) is 0 Å². The Hall–Kier alpha value is -9.24. The van der Waals surface area contributed by atoms with E-state index in [1.54, 1.807) is 63.9 Å². The van der Waals surface area contributed by atoms with Crippen LogP contribution in [0, 0.1) is 42.9 Å². The van der Waals surface area contributed by atoms with Crippen LogP contribution >= 0.6 is 10.7 Å². The lowest BCUT2D eigenvalue weighted by atomic mass is 10.2. The number of hydrogen-bond acceptors (Lipinski definition) is 28. The molecule has 4 aromatic heterocycles. The van der Waals surface area contributed by atoms with Crippen molar-refractivity contribution >= 4 is 111 Å². The number of benzene rings is 4.